The van der Waals surface area contributed by atoms with Crippen molar-refractivity contribution >= 4 is 25.2 Å². The SMILES string of the molecule is Cc1nc(N)nc2c1nnn2CC[Si](C)(C)C. The molecule has 6 nitrogen and oxygen atoms in total. The van der Waals surface area contributed by atoms with Crippen LogP contribution in [0.1, 0.15) is 5.69 Å². The summed E-state index contributed by atoms with van der Waals surface area (Å²) >= 11 is 0. The Morgan fingerprint density at radius 1 is 1.24 bits per heavy atom. The van der Waals surface area contributed by atoms with Gasteiger partial charge in [0.2, 0.25) is 5.95 Å². The topological polar surface area (TPSA) is 82.5 Å². The Balaban J connectivity index is 2.36. The molecule has 2 N–H and O–H groups in total. The Bertz CT molecular complexity index is 541. The summed E-state index contributed by atoms with van der Waals surface area (Å²) in [6.07, 6.45) is 0. The van der Waals surface area contributed by atoms with Crippen LogP contribution in [0.15, 0.2) is 0 Å². The van der Waals surface area contributed by atoms with Gasteiger partial charge in [-0.3, -0.25) is 0 Å². The van der Waals surface area contributed by atoms with E-state index in [-0.39, 0.29) is 5.95 Å². The van der Waals surface area contributed by atoms with Crippen LogP contribution in [0.4, 0.5) is 5.95 Å². The zero-order valence-corrected chi connectivity index (χ0v) is 11.7. The van der Waals surface area contributed by atoms with E-state index in [4.69, 9.17) is 5.73 Å². The average Bonchev–Trinajstić information content (AvgIpc) is 2.57. The summed E-state index contributed by atoms with van der Waals surface area (Å²) < 4.78 is 1.83. The second-order valence-electron chi connectivity index (χ2n) is 5.46. The molecular formula is C10H18N6Si. The van der Waals surface area contributed by atoms with E-state index in [0.29, 0.717) is 0 Å². The van der Waals surface area contributed by atoms with E-state index in [9.17, 15) is 0 Å². The van der Waals surface area contributed by atoms with Crippen molar-refractivity contribution in [2.75, 3.05) is 5.73 Å². The van der Waals surface area contributed by atoms with Crippen molar-refractivity contribution in [2.45, 2.75) is 39.2 Å². The summed E-state index contributed by atoms with van der Waals surface area (Å²) in [5.41, 5.74) is 7.93. The van der Waals surface area contributed by atoms with E-state index in [1.165, 1.54) is 0 Å². The molecule has 92 valence electrons. The van der Waals surface area contributed by atoms with Gasteiger partial charge in [0.1, 0.15) is 0 Å². The first kappa shape index (κ1) is 12.0. The van der Waals surface area contributed by atoms with E-state index in [1.54, 1.807) is 0 Å². The van der Waals surface area contributed by atoms with Crippen LogP contribution < -0.4 is 5.73 Å². The van der Waals surface area contributed by atoms with Gasteiger partial charge >= 0.3 is 0 Å². The molecule has 0 saturated heterocycles. The Kier molecular flexibility index (Phi) is 2.86. The summed E-state index contributed by atoms with van der Waals surface area (Å²) in [5, 5.41) is 8.24. The number of hydrogen-bond acceptors (Lipinski definition) is 5. The van der Waals surface area contributed by atoms with E-state index in [0.717, 1.165) is 29.4 Å². The van der Waals surface area contributed by atoms with Gasteiger partial charge in [0.15, 0.2) is 11.2 Å². The highest BCUT2D eigenvalue weighted by Gasteiger charge is 2.16. The van der Waals surface area contributed by atoms with Gasteiger partial charge in [-0.25, -0.2) is 9.67 Å². The van der Waals surface area contributed by atoms with Crippen LogP contribution in [0, 0.1) is 6.92 Å². The largest absolute Gasteiger partial charge is 0.368 e. The predicted octanol–water partition coefficient (Wildman–Crippen LogP) is 1.45. The smallest absolute Gasteiger partial charge is 0.222 e. The highest BCUT2D eigenvalue weighted by molar-refractivity contribution is 6.76. The number of rotatable bonds is 3. The van der Waals surface area contributed by atoms with Gasteiger partial charge in [-0.15, -0.1) is 5.10 Å². The number of nitrogen functional groups attached to an aromatic ring is 1. The zero-order chi connectivity index (χ0) is 12.6. The van der Waals surface area contributed by atoms with E-state index in [1.807, 2.05) is 11.6 Å². The minimum absolute atomic E-state index is 0.284. The highest BCUT2D eigenvalue weighted by Crippen LogP contribution is 2.15. The summed E-state index contributed by atoms with van der Waals surface area (Å²) in [6.45, 7) is 9.72. The van der Waals surface area contributed by atoms with Gasteiger partial charge < -0.3 is 5.73 Å². The summed E-state index contributed by atoms with van der Waals surface area (Å²) in [7, 11) is -1.09. The maximum atomic E-state index is 5.65. The van der Waals surface area contributed by atoms with Crippen LogP contribution in [0.25, 0.3) is 11.2 Å². The van der Waals surface area contributed by atoms with Crippen molar-refractivity contribution in [2.24, 2.45) is 0 Å². The van der Waals surface area contributed by atoms with Gasteiger partial charge in [0.25, 0.3) is 0 Å². The number of nitrogens with zero attached hydrogens (tertiary/aromatic N) is 5. The fourth-order valence-corrected chi connectivity index (χ4v) is 2.49. The number of hydrogen-bond donors (Lipinski definition) is 1. The second-order valence-corrected chi connectivity index (χ2v) is 11.1. The van der Waals surface area contributed by atoms with Crippen molar-refractivity contribution in [1.29, 1.82) is 0 Å². The molecule has 0 amide bonds. The first-order valence-electron chi connectivity index (χ1n) is 5.70. The summed E-state index contributed by atoms with van der Waals surface area (Å²) in [6, 6.07) is 1.15. The monoisotopic (exact) mass is 250 g/mol. The predicted molar refractivity (Wildman–Crippen MR) is 70.4 cm³/mol. The molecule has 0 aromatic carbocycles. The van der Waals surface area contributed by atoms with Gasteiger partial charge in [-0.1, -0.05) is 24.9 Å². The molecule has 0 radical (unpaired) electrons. The molecule has 0 spiro atoms. The molecule has 2 aromatic heterocycles. The normalized spacial score (nSPS) is 12.2. The van der Waals surface area contributed by atoms with Crippen molar-refractivity contribution in [3.05, 3.63) is 5.69 Å². The van der Waals surface area contributed by atoms with Crippen molar-refractivity contribution in [3.8, 4) is 0 Å². The molecule has 2 rings (SSSR count). The number of nitrogens with two attached hydrogens (primary N) is 1. The molecule has 7 heteroatoms. The molecule has 0 bridgehead atoms. The standard InChI is InChI=1S/C10H18N6Si/c1-7-8-9(13-10(11)12-7)16(15-14-8)5-6-17(2,3)4/h5-6H2,1-4H3,(H2,11,12,13). The summed E-state index contributed by atoms with van der Waals surface area (Å²) in [4.78, 5) is 8.30. The average molecular weight is 250 g/mol. The maximum absolute atomic E-state index is 5.65. The van der Waals surface area contributed by atoms with E-state index < -0.39 is 8.07 Å². The molecule has 2 aromatic rings. The summed E-state index contributed by atoms with van der Waals surface area (Å²) in [5.74, 6) is 0.284. The lowest BCUT2D eigenvalue weighted by molar-refractivity contribution is 0.635. The minimum Gasteiger partial charge on any atom is -0.368 e. The van der Waals surface area contributed by atoms with E-state index >= 15 is 0 Å². The first-order chi connectivity index (χ1) is 7.87. The van der Waals surface area contributed by atoms with Crippen LogP contribution in [0.3, 0.4) is 0 Å². The molecule has 17 heavy (non-hydrogen) atoms. The molecule has 0 unspecified atom stereocenters. The Morgan fingerprint density at radius 3 is 2.59 bits per heavy atom. The quantitative estimate of drug-likeness (QED) is 0.834. The molecule has 0 aliphatic rings. The zero-order valence-electron chi connectivity index (χ0n) is 10.7. The van der Waals surface area contributed by atoms with Crippen LogP contribution in [0.5, 0.6) is 0 Å². The number of fused-ring (bicyclic) bond motifs is 1. The fourth-order valence-electron chi connectivity index (χ4n) is 1.60. The third kappa shape index (κ3) is 2.60. The van der Waals surface area contributed by atoms with Crippen molar-refractivity contribution in [3.63, 3.8) is 0 Å². The van der Waals surface area contributed by atoms with Gasteiger partial charge in [0, 0.05) is 14.6 Å². The fraction of sp³-hybridized carbons (Fsp3) is 0.600. The third-order valence-corrected chi connectivity index (χ3v) is 4.35. The number of anilines is 1. The van der Waals surface area contributed by atoms with Crippen LogP contribution in [-0.4, -0.2) is 33.0 Å². The Labute approximate surface area is 101 Å². The van der Waals surface area contributed by atoms with Crippen molar-refractivity contribution in [1.82, 2.24) is 25.0 Å². The lowest BCUT2D eigenvalue weighted by Crippen LogP contribution is -2.22. The highest BCUT2D eigenvalue weighted by atomic mass is 28.3. The van der Waals surface area contributed by atoms with Gasteiger partial charge in [-0.2, -0.15) is 4.98 Å². The van der Waals surface area contributed by atoms with Gasteiger partial charge in [0.05, 0.1) is 5.69 Å². The molecule has 0 atom stereocenters. The number of aromatic nitrogens is 5. The third-order valence-electron chi connectivity index (χ3n) is 2.63. The molecule has 2 heterocycles. The lowest BCUT2D eigenvalue weighted by Gasteiger charge is -2.14. The number of aryl methyl sites for hydroxylation is 2. The first-order valence-corrected chi connectivity index (χ1v) is 9.41. The van der Waals surface area contributed by atoms with E-state index in [2.05, 4.69) is 39.9 Å². The molecule has 0 aliphatic heterocycles. The van der Waals surface area contributed by atoms with Crippen molar-refractivity contribution < 1.29 is 0 Å². The molecule has 0 saturated carbocycles. The molecule has 0 aliphatic carbocycles. The molecule has 0 fully saturated rings. The lowest BCUT2D eigenvalue weighted by atomic mass is 10.4. The Hall–Kier alpha value is -1.50. The van der Waals surface area contributed by atoms with Crippen LogP contribution in [0.2, 0.25) is 25.7 Å². The van der Waals surface area contributed by atoms with Gasteiger partial charge in [-0.05, 0) is 13.0 Å². The maximum Gasteiger partial charge on any atom is 0.222 e. The minimum atomic E-state index is -1.09. The molecular weight excluding hydrogens is 232 g/mol. The Morgan fingerprint density at radius 2 is 1.94 bits per heavy atom. The van der Waals surface area contributed by atoms with Crippen LogP contribution in [-0.2, 0) is 6.54 Å². The van der Waals surface area contributed by atoms with Crippen LogP contribution >= 0.6 is 0 Å². The second kappa shape index (κ2) is 4.06.